The highest BCUT2D eigenvalue weighted by Crippen LogP contribution is 2.33. The van der Waals surface area contributed by atoms with Gasteiger partial charge in [0.15, 0.2) is 0 Å². The number of carbonyl (C=O) groups excluding carboxylic acids is 3. The standard InChI is InChI=1S/C24H29N5O3/c1-2-28-12-9-19(26-28)15-27-10-7-16(8-11-27)17-3-4-20-18(13-17)14-29(24(20)32)21-5-6-22(30)25-23(21)31/h3-4,9,12-13,16,21H,2,5-8,10-11,14-15H2,1H3,(H,25,30,31). The number of hydrogen-bond acceptors (Lipinski definition) is 5. The first-order chi connectivity index (χ1) is 15.5. The molecule has 4 heterocycles. The van der Waals surface area contributed by atoms with E-state index in [1.54, 1.807) is 4.90 Å². The van der Waals surface area contributed by atoms with Gasteiger partial charge in [0.05, 0.1) is 5.69 Å². The van der Waals surface area contributed by atoms with Gasteiger partial charge in [-0.3, -0.25) is 29.3 Å². The fourth-order valence-electron chi connectivity index (χ4n) is 5.17. The Kier molecular flexibility index (Phi) is 5.55. The quantitative estimate of drug-likeness (QED) is 0.727. The fourth-order valence-corrected chi connectivity index (χ4v) is 5.17. The van der Waals surface area contributed by atoms with Crippen molar-refractivity contribution in [1.82, 2.24) is 24.9 Å². The van der Waals surface area contributed by atoms with Gasteiger partial charge in [0.1, 0.15) is 6.04 Å². The van der Waals surface area contributed by atoms with E-state index < -0.39 is 6.04 Å². The van der Waals surface area contributed by atoms with Crippen molar-refractivity contribution in [1.29, 1.82) is 0 Å². The predicted molar refractivity (Wildman–Crippen MR) is 118 cm³/mol. The Labute approximate surface area is 187 Å². The maximum atomic E-state index is 12.9. The molecule has 2 aromatic rings. The van der Waals surface area contributed by atoms with Crippen LogP contribution in [0, 0.1) is 0 Å². The van der Waals surface area contributed by atoms with Crippen molar-refractivity contribution in [2.75, 3.05) is 13.1 Å². The molecule has 0 radical (unpaired) electrons. The minimum atomic E-state index is -0.560. The molecule has 1 atom stereocenters. The van der Waals surface area contributed by atoms with Crippen molar-refractivity contribution in [3.63, 3.8) is 0 Å². The molecule has 3 aliphatic rings. The highest BCUT2D eigenvalue weighted by molar-refractivity contribution is 6.05. The summed E-state index contributed by atoms with van der Waals surface area (Å²) in [6.07, 6.45) is 4.87. The van der Waals surface area contributed by atoms with Gasteiger partial charge < -0.3 is 4.90 Å². The third-order valence-electron chi connectivity index (χ3n) is 7.01. The lowest BCUT2D eigenvalue weighted by molar-refractivity contribution is -0.136. The summed E-state index contributed by atoms with van der Waals surface area (Å²) in [5.41, 5.74) is 4.07. The second kappa shape index (κ2) is 8.50. The molecule has 5 rings (SSSR count). The van der Waals surface area contributed by atoms with Crippen molar-refractivity contribution < 1.29 is 14.4 Å². The lowest BCUT2D eigenvalue weighted by Gasteiger charge is -2.31. The van der Waals surface area contributed by atoms with Gasteiger partial charge in [-0.1, -0.05) is 12.1 Å². The number of nitrogens with zero attached hydrogens (tertiary/aromatic N) is 4. The van der Waals surface area contributed by atoms with E-state index in [0.717, 1.165) is 50.3 Å². The summed E-state index contributed by atoms with van der Waals surface area (Å²) in [5, 5.41) is 6.95. The zero-order chi connectivity index (χ0) is 22.2. The molecule has 0 saturated carbocycles. The highest BCUT2D eigenvalue weighted by Gasteiger charge is 2.39. The molecule has 1 aromatic carbocycles. The summed E-state index contributed by atoms with van der Waals surface area (Å²) >= 11 is 0. The van der Waals surface area contributed by atoms with Crippen LogP contribution in [-0.2, 0) is 29.2 Å². The largest absolute Gasteiger partial charge is 0.322 e. The Morgan fingerprint density at radius 2 is 1.91 bits per heavy atom. The SMILES string of the molecule is CCn1ccc(CN2CCC(c3ccc4c(c3)CN(C3CCC(=O)NC3=O)C4=O)CC2)n1. The zero-order valence-corrected chi connectivity index (χ0v) is 18.4. The maximum Gasteiger partial charge on any atom is 0.255 e. The minimum Gasteiger partial charge on any atom is -0.322 e. The molecule has 2 saturated heterocycles. The molecule has 32 heavy (non-hydrogen) atoms. The van der Waals surface area contributed by atoms with E-state index in [1.807, 2.05) is 16.9 Å². The predicted octanol–water partition coefficient (Wildman–Crippen LogP) is 2.04. The van der Waals surface area contributed by atoms with Gasteiger partial charge >= 0.3 is 0 Å². The van der Waals surface area contributed by atoms with Crippen LogP contribution in [0.25, 0.3) is 0 Å². The highest BCUT2D eigenvalue weighted by atomic mass is 16.2. The topological polar surface area (TPSA) is 87.5 Å². The molecule has 8 heteroatoms. The molecule has 0 spiro atoms. The normalized spacial score (nSPS) is 22.3. The van der Waals surface area contributed by atoms with Gasteiger partial charge in [0.2, 0.25) is 11.8 Å². The Morgan fingerprint density at radius 1 is 1.09 bits per heavy atom. The average Bonchev–Trinajstić information content (AvgIpc) is 3.38. The smallest absolute Gasteiger partial charge is 0.255 e. The molecular weight excluding hydrogens is 406 g/mol. The number of amides is 3. The van der Waals surface area contributed by atoms with Gasteiger partial charge in [-0.2, -0.15) is 5.10 Å². The number of aromatic nitrogens is 2. The Morgan fingerprint density at radius 3 is 2.62 bits per heavy atom. The Hall–Kier alpha value is -3.00. The number of benzene rings is 1. The molecule has 8 nitrogen and oxygen atoms in total. The lowest BCUT2D eigenvalue weighted by atomic mass is 9.88. The fraction of sp³-hybridized carbons (Fsp3) is 0.500. The molecular formula is C24H29N5O3. The third kappa shape index (κ3) is 3.95. The van der Waals surface area contributed by atoms with Crippen LogP contribution in [0.1, 0.15) is 65.7 Å². The van der Waals surface area contributed by atoms with E-state index in [0.29, 0.717) is 24.4 Å². The molecule has 1 N–H and O–H groups in total. The minimum absolute atomic E-state index is 0.109. The van der Waals surface area contributed by atoms with Crippen molar-refractivity contribution in [2.24, 2.45) is 0 Å². The third-order valence-corrected chi connectivity index (χ3v) is 7.01. The second-order valence-electron chi connectivity index (χ2n) is 9.03. The first kappa shape index (κ1) is 20.9. The van der Waals surface area contributed by atoms with Crippen LogP contribution in [0.4, 0.5) is 0 Å². The molecule has 3 amide bonds. The summed E-state index contributed by atoms with van der Waals surface area (Å²) in [7, 11) is 0. The van der Waals surface area contributed by atoms with Gasteiger partial charge in [-0.05, 0) is 68.5 Å². The Bertz CT molecular complexity index is 1050. The number of imide groups is 1. The van der Waals surface area contributed by atoms with Gasteiger partial charge in [0.25, 0.3) is 5.91 Å². The van der Waals surface area contributed by atoms with Crippen LogP contribution in [0.15, 0.2) is 30.5 Å². The van der Waals surface area contributed by atoms with Crippen LogP contribution in [0.5, 0.6) is 0 Å². The van der Waals surface area contributed by atoms with Crippen LogP contribution in [0.3, 0.4) is 0 Å². The molecule has 1 aromatic heterocycles. The van der Waals surface area contributed by atoms with Gasteiger partial charge in [0, 0.05) is 37.8 Å². The van der Waals surface area contributed by atoms with Crippen molar-refractivity contribution in [2.45, 2.75) is 64.2 Å². The summed E-state index contributed by atoms with van der Waals surface area (Å²) in [6, 6.07) is 7.69. The van der Waals surface area contributed by atoms with Crippen LogP contribution < -0.4 is 5.32 Å². The van der Waals surface area contributed by atoms with Crippen LogP contribution in [0.2, 0.25) is 0 Å². The second-order valence-corrected chi connectivity index (χ2v) is 9.03. The van der Waals surface area contributed by atoms with Crippen molar-refractivity contribution >= 4 is 17.7 Å². The van der Waals surface area contributed by atoms with Gasteiger partial charge in [-0.15, -0.1) is 0 Å². The molecule has 0 aliphatic carbocycles. The van der Waals surface area contributed by atoms with E-state index in [1.165, 1.54) is 5.56 Å². The number of carbonyl (C=O) groups is 3. The number of fused-ring (bicyclic) bond motifs is 1. The van der Waals surface area contributed by atoms with E-state index in [9.17, 15) is 14.4 Å². The summed E-state index contributed by atoms with van der Waals surface area (Å²) in [6.45, 7) is 6.37. The molecule has 3 aliphatic heterocycles. The molecule has 168 valence electrons. The number of nitrogens with one attached hydrogen (secondary N) is 1. The molecule has 0 bridgehead atoms. The first-order valence-electron chi connectivity index (χ1n) is 11.5. The first-order valence-corrected chi connectivity index (χ1v) is 11.5. The number of hydrogen-bond donors (Lipinski definition) is 1. The number of piperidine rings is 2. The molecule has 2 fully saturated rings. The van der Waals surface area contributed by atoms with Crippen molar-refractivity contribution in [3.8, 4) is 0 Å². The van der Waals surface area contributed by atoms with Crippen LogP contribution in [-0.4, -0.2) is 56.4 Å². The zero-order valence-electron chi connectivity index (χ0n) is 18.4. The molecule has 1 unspecified atom stereocenters. The van der Waals surface area contributed by atoms with E-state index >= 15 is 0 Å². The van der Waals surface area contributed by atoms with Gasteiger partial charge in [-0.25, -0.2) is 0 Å². The number of aryl methyl sites for hydroxylation is 1. The summed E-state index contributed by atoms with van der Waals surface area (Å²) < 4.78 is 1.96. The van der Waals surface area contributed by atoms with E-state index in [-0.39, 0.29) is 24.1 Å². The lowest BCUT2D eigenvalue weighted by Crippen LogP contribution is -2.52. The average molecular weight is 436 g/mol. The summed E-state index contributed by atoms with van der Waals surface area (Å²) in [4.78, 5) is 40.7. The Balaban J connectivity index is 1.22. The van der Waals surface area contributed by atoms with E-state index in [2.05, 4.69) is 40.4 Å². The maximum absolute atomic E-state index is 12.9. The number of rotatable bonds is 5. The monoisotopic (exact) mass is 435 g/mol. The summed E-state index contributed by atoms with van der Waals surface area (Å²) in [5.74, 6) is -0.256. The van der Waals surface area contributed by atoms with E-state index in [4.69, 9.17) is 0 Å². The van der Waals surface area contributed by atoms with Crippen molar-refractivity contribution in [3.05, 3.63) is 52.8 Å². The van der Waals surface area contributed by atoms with Crippen LogP contribution >= 0.6 is 0 Å². The number of likely N-dealkylation sites (tertiary alicyclic amines) is 1.